The van der Waals surface area contributed by atoms with Crippen molar-refractivity contribution in [3.8, 4) is 0 Å². The quantitative estimate of drug-likeness (QED) is 0.722. The van der Waals surface area contributed by atoms with Crippen molar-refractivity contribution < 1.29 is 9.59 Å². The van der Waals surface area contributed by atoms with Gasteiger partial charge in [-0.3, -0.25) is 9.59 Å². The maximum atomic E-state index is 12.8. The summed E-state index contributed by atoms with van der Waals surface area (Å²) in [6, 6.07) is 8.38. The molecule has 4 nitrogen and oxygen atoms in total. The number of amides is 2. The molecule has 1 saturated heterocycles. The highest BCUT2D eigenvalue weighted by Gasteiger charge is 2.50. The summed E-state index contributed by atoms with van der Waals surface area (Å²) >= 11 is 2.77. The smallest absolute Gasteiger partial charge is 0.258 e. The van der Waals surface area contributed by atoms with Gasteiger partial charge in [-0.25, -0.2) is 0 Å². The third kappa shape index (κ3) is 4.46. The zero-order valence-electron chi connectivity index (χ0n) is 16.2. The number of hydrogen-bond acceptors (Lipinski definition) is 4. The molecule has 142 valence electrons. The third-order valence-electron chi connectivity index (χ3n) is 4.74. The molecule has 1 heterocycles. The summed E-state index contributed by atoms with van der Waals surface area (Å²) in [6.45, 7) is 4.22. The van der Waals surface area contributed by atoms with Crippen molar-refractivity contribution in [3.05, 3.63) is 47.0 Å². The Morgan fingerprint density at radius 1 is 1.19 bits per heavy atom. The number of allylic oxidation sites excluding steroid dienone is 2. The molecule has 0 unspecified atom stereocenters. The molecular weight excluding hydrogens is 364 g/mol. The Labute approximate surface area is 165 Å². The number of nitrogens with zero attached hydrogens (tertiary/aromatic N) is 1. The lowest BCUT2D eigenvalue weighted by atomic mass is 9.99. The Kier molecular flexibility index (Phi) is 7.24. The Bertz CT molecular complexity index is 684. The Balaban J connectivity index is 2.15. The minimum Gasteiger partial charge on any atom is -0.333 e. The number of nitrogens with one attached hydrogen (secondary N) is 1. The van der Waals surface area contributed by atoms with Crippen molar-refractivity contribution in [3.63, 3.8) is 0 Å². The summed E-state index contributed by atoms with van der Waals surface area (Å²) in [6.07, 6.45) is 8.50. The topological polar surface area (TPSA) is 49.4 Å². The van der Waals surface area contributed by atoms with Gasteiger partial charge in [0, 0.05) is 13.5 Å². The van der Waals surface area contributed by atoms with Crippen molar-refractivity contribution in [2.24, 2.45) is 0 Å². The number of carbonyl (C=O) groups is 2. The number of likely N-dealkylation sites (N-methyl/N-ethyl adjacent to an activating group) is 1. The molecule has 1 aliphatic rings. The maximum absolute atomic E-state index is 12.8. The standard InChI is InChI=1S/C20H28N2O2S2/c1-14(2)7-6-8-15-9-11-16(12-10-15)13-20(26-5)19(24)21-17(25-4)18(23)22(20)3/h7,9-12,17H,6,8,13H2,1-5H3,(H,21,24)/t17-,20-/m1/s1. The number of hydrogen-bond donors (Lipinski definition) is 1. The zero-order chi connectivity index (χ0) is 19.3. The first-order valence-electron chi connectivity index (χ1n) is 8.72. The average molecular weight is 393 g/mol. The average Bonchev–Trinajstić information content (AvgIpc) is 2.63. The Hall–Kier alpha value is -1.40. The lowest BCUT2D eigenvalue weighted by Gasteiger charge is -2.45. The molecule has 2 amide bonds. The molecular formula is C20H28N2O2S2. The number of rotatable bonds is 7. The van der Waals surface area contributed by atoms with E-state index < -0.39 is 10.2 Å². The van der Waals surface area contributed by atoms with Gasteiger partial charge in [-0.15, -0.1) is 23.5 Å². The molecule has 6 heteroatoms. The van der Waals surface area contributed by atoms with Gasteiger partial charge in [0.1, 0.15) is 0 Å². The third-order valence-corrected chi connectivity index (χ3v) is 6.81. The number of aryl methyl sites for hydroxylation is 1. The van der Waals surface area contributed by atoms with Crippen molar-refractivity contribution >= 4 is 35.3 Å². The van der Waals surface area contributed by atoms with Crippen LogP contribution in [0.2, 0.25) is 0 Å². The molecule has 0 radical (unpaired) electrons. The second-order valence-corrected chi connectivity index (χ2v) is 8.81. The molecule has 2 rings (SSSR count). The monoisotopic (exact) mass is 392 g/mol. The van der Waals surface area contributed by atoms with Gasteiger partial charge in [0.05, 0.1) is 0 Å². The van der Waals surface area contributed by atoms with Crippen LogP contribution in [-0.2, 0) is 22.4 Å². The molecule has 0 spiro atoms. The van der Waals surface area contributed by atoms with Crippen LogP contribution in [0.5, 0.6) is 0 Å². The Morgan fingerprint density at radius 3 is 2.35 bits per heavy atom. The molecule has 1 fully saturated rings. The van der Waals surface area contributed by atoms with E-state index in [0.717, 1.165) is 18.4 Å². The van der Waals surface area contributed by atoms with E-state index in [1.807, 2.05) is 12.5 Å². The fourth-order valence-corrected chi connectivity index (χ4v) is 4.59. The predicted molar refractivity (Wildman–Crippen MR) is 112 cm³/mol. The van der Waals surface area contributed by atoms with Gasteiger partial charge in [0.15, 0.2) is 10.2 Å². The first kappa shape index (κ1) is 20.9. The number of piperazine rings is 1. The van der Waals surface area contributed by atoms with Crippen molar-refractivity contribution in [2.75, 3.05) is 19.6 Å². The van der Waals surface area contributed by atoms with Crippen LogP contribution in [0.1, 0.15) is 31.4 Å². The van der Waals surface area contributed by atoms with Gasteiger partial charge in [0.25, 0.3) is 11.8 Å². The highest BCUT2D eigenvalue weighted by atomic mass is 32.2. The molecule has 1 N–H and O–H groups in total. The van der Waals surface area contributed by atoms with Crippen LogP contribution in [-0.4, -0.2) is 46.5 Å². The molecule has 0 aromatic heterocycles. The van der Waals surface area contributed by atoms with E-state index in [-0.39, 0.29) is 11.8 Å². The molecule has 0 bridgehead atoms. The summed E-state index contributed by atoms with van der Waals surface area (Å²) in [4.78, 5) is 26.1. The van der Waals surface area contributed by atoms with Crippen LogP contribution in [0.4, 0.5) is 0 Å². The normalized spacial score (nSPS) is 23.0. The fraction of sp³-hybridized carbons (Fsp3) is 0.500. The largest absolute Gasteiger partial charge is 0.333 e. The summed E-state index contributed by atoms with van der Waals surface area (Å²) in [7, 11) is 1.73. The highest BCUT2D eigenvalue weighted by Crippen LogP contribution is 2.35. The minimum absolute atomic E-state index is 0.0511. The van der Waals surface area contributed by atoms with Crippen LogP contribution in [0, 0.1) is 0 Å². The van der Waals surface area contributed by atoms with Crippen LogP contribution in [0.25, 0.3) is 0 Å². The molecule has 2 atom stereocenters. The van der Waals surface area contributed by atoms with E-state index in [0.29, 0.717) is 6.42 Å². The first-order chi connectivity index (χ1) is 12.3. The van der Waals surface area contributed by atoms with Crippen molar-refractivity contribution in [2.45, 2.75) is 43.4 Å². The summed E-state index contributed by atoms with van der Waals surface area (Å²) in [5.74, 6) is -0.149. The molecule has 1 aliphatic heterocycles. The molecule has 1 aromatic carbocycles. The molecule has 0 saturated carbocycles. The predicted octanol–water partition coefficient (Wildman–Crippen LogP) is 3.46. The maximum Gasteiger partial charge on any atom is 0.258 e. The minimum atomic E-state index is -0.896. The second kappa shape index (κ2) is 9.00. The SMILES string of the molecule is CS[C@H]1NC(=O)[C@@](Cc2ccc(CCC=C(C)C)cc2)(SC)N(C)C1=O. The summed E-state index contributed by atoms with van der Waals surface area (Å²) < 4.78 is 0. The van der Waals surface area contributed by atoms with Gasteiger partial charge in [-0.05, 0) is 50.3 Å². The second-order valence-electron chi connectivity index (χ2n) is 6.79. The lowest BCUT2D eigenvalue weighted by Crippen LogP contribution is -2.68. The van der Waals surface area contributed by atoms with E-state index in [1.165, 1.54) is 34.7 Å². The van der Waals surface area contributed by atoms with Crippen LogP contribution in [0.15, 0.2) is 35.9 Å². The Morgan fingerprint density at radius 2 is 1.81 bits per heavy atom. The van der Waals surface area contributed by atoms with Crippen LogP contribution in [0.3, 0.4) is 0 Å². The van der Waals surface area contributed by atoms with E-state index in [2.05, 4.69) is 49.5 Å². The number of benzene rings is 1. The first-order valence-corrected chi connectivity index (χ1v) is 11.2. The van der Waals surface area contributed by atoms with Crippen LogP contribution < -0.4 is 5.32 Å². The number of carbonyl (C=O) groups excluding carboxylic acids is 2. The van der Waals surface area contributed by atoms with Gasteiger partial charge < -0.3 is 10.2 Å². The summed E-state index contributed by atoms with van der Waals surface area (Å²) in [5.41, 5.74) is 3.68. The van der Waals surface area contributed by atoms with E-state index >= 15 is 0 Å². The fourth-order valence-electron chi connectivity index (χ4n) is 3.09. The molecule has 0 aliphatic carbocycles. The van der Waals surface area contributed by atoms with Gasteiger partial charge in [-0.2, -0.15) is 0 Å². The highest BCUT2D eigenvalue weighted by molar-refractivity contribution is 8.01. The van der Waals surface area contributed by atoms with E-state index in [4.69, 9.17) is 0 Å². The van der Waals surface area contributed by atoms with Gasteiger partial charge in [-0.1, -0.05) is 35.9 Å². The van der Waals surface area contributed by atoms with E-state index in [1.54, 1.807) is 11.9 Å². The van der Waals surface area contributed by atoms with Crippen molar-refractivity contribution in [1.29, 1.82) is 0 Å². The molecule has 1 aromatic rings. The molecule has 26 heavy (non-hydrogen) atoms. The number of thioether (sulfide) groups is 2. The van der Waals surface area contributed by atoms with Gasteiger partial charge >= 0.3 is 0 Å². The van der Waals surface area contributed by atoms with Crippen molar-refractivity contribution in [1.82, 2.24) is 10.2 Å². The van der Waals surface area contributed by atoms with Crippen LogP contribution >= 0.6 is 23.5 Å². The van der Waals surface area contributed by atoms with E-state index in [9.17, 15) is 9.59 Å². The lowest BCUT2D eigenvalue weighted by molar-refractivity contribution is -0.146. The summed E-state index contributed by atoms with van der Waals surface area (Å²) in [5, 5.41) is 2.37. The van der Waals surface area contributed by atoms with Gasteiger partial charge in [0.2, 0.25) is 0 Å². The zero-order valence-corrected chi connectivity index (χ0v) is 17.8.